The molecule has 1 amide bonds. The number of hydrogen-bond acceptors (Lipinski definition) is 4. The van der Waals surface area contributed by atoms with Crippen molar-refractivity contribution in [1.82, 2.24) is 5.32 Å². The Balaban J connectivity index is 2.08. The van der Waals surface area contributed by atoms with Crippen LogP contribution in [0.5, 0.6) is 5.75 Å². The van der Waals surface area contributed by atoms with Crippen LogP contribution >= 0.6 is 15.9 Å². The first kappa shape index (κ1) is 16.9. The van der Waals surface area contributed by atoms with Gasteiger partial charge < -0.3 is 19.9 Å². The molecule has 1 aromatic carbocycles. The second-order valence-corrected chi connectivity index (χ2v) is 5.23. The van der Waals surface area contributed by atoms with E-state index in [-0.39, 0.29) is 19.1 Å². The molecule has 1 rings (SSSR count). The van der Waals surface area contributed by atoms with Gasteiger partial charge in [-0.3, -0.25) is 4.79 Å². The lowest BCUT2D eigenvalue weighted by Gasteiger charge is -2.11. The third-order valence-electron chi connectivity index (χ3n) is 2.52. The average Bonchev–Trinajstić information content (AvgIpc) is 2.43. The summed E-state index contributed by atoms with van der Waals surface area (Å²) in [7, 11) is 1.50. The monoisotopic (exact) mass is 345 g/mol. The zero-order valence-corrected chi connectivity index (χ0v) is 13.1. The van der Waals surface area contributed by atoms with Crippen molar-refractivity contribution in [3.8, 4) is 5.75 Å². The summed E-state index contributed by atoms with van der Waals surface area (Å²) < 4.78 is 11.3. The van der Waals surface area contributed by atoms with E-state index in [0.29, 0.717) is 19.4 Å². The molecule has 1 aromatic rings. The van der Waals surface area contributed by atoms with Gasteiger partial charge in [0.1, 0.15) is 5.75 Å². The summed E-state index contributed by atoms with van der Waals surface area (Å²) >= 11 is 3.35. The highest BCUT2D eigenvalue weighted by molar-refractivity contribution is 9.10. The van der Waals surface area contributed by atoms with E-state index in [1.54, 1.807) is 0 Å². The predicted molar refractivity (Wildman–Crippen MR) is 79.8 cm³/mol. The molecule has 0 heterocycles. The Morgan fingerprint density at radius 3 is 2.75 bits per heavy atom. The number of nitrogens with one attached hydrogen (secondary N) is 1. The molecule has 0 radical (unpaired) electrons. The number of hydrogen-bond donors (Lipinski definition) is 2. The molecule has 0 saturated carbocycles. The first-order valence-corrected chi connectivity index (χ1v) is 7.23. The zero-order valence-electron chi connectivity index (χ0n) is 11.5. The minimum Gasteiger partial charge on any atom is -0.494 e. The van der Waals surface area contributed by atoms with Crippen molar-refractivity contribution in [1.29, 1.82) is 0 Å². The van der Waals surface area contributed by atoms with E-state index in [9.17, 15) is 9.90 Å². The molecule has 6 heteroatoms. The molecule has 1 unspecified atom stereocenters. The Morgan fingerprint density at radius 1 is 1.40 bits per heavy atom. The Labute approximate surface area is 127 Å². The lowest BCUT2D eigenvalue weighted by Crippen LogP contribution is -2.34. The van der Waals surface area contributed by atoms with Gasteiger partial charge >= 0.3 is 0 Å². The smallest absolute Gasteiger partial charge is 0.220 e. The molecule has 0 aliphatic carbocycles. The van der Waals surface area contributed by atoms with Crippen LogP contribution in [0.15, 0.2) is 28.7 Å². The fourth-order valence-electron chi connectivity index (χ4n) is 1.52. The lowest BCUT2D eigenvalue weighted by molar-refractivity contribution is -0.121. The van der Waals surface area contributed by atoms with Gasteiger partial charge in [-0.1, -0.05) is 15.9 Å². The van der Waals surface area contributed by atoms with Gasteiger partial charge in [-0.25, -0.2) is 0 Å². The standard InChI is InChI=1S/C14H20BrNO4/c1-19-10-12(17)9-16-14(18)3-2-8-20-13-6-4-11(15)5-7-13/h4-7,12,17H,2-3,8-10H2,1H3,(H,16,18). The van der Waals surface area contributed by atoms with E-state index >= 15 is 0 Å². The molecule has 0 aliphatic heterocycles. The summed E-state index contributed by atoms with van der Waals surface area (Å²) in [5.41, 5.74) is 0. The largest absolute Gasteiger partial charge is 0.494 e. The van der Waals surface area contributed by atoms with Gasteiger partial charge in [-0.2, -0.15) is 0 Å². The Kier molecular flexibility index (Phi) is 8.25. The molecular formula is C14H20BrNO4. The van der Waals surface area contributed by atoms with E-state index in [0.717, 1.165) is 10.2 Å². The van der Waals surface area contributed by atoms with Crippen LogP contribution in [-0.4, -0.2) is 44.0 Å². The highest BCUT2D eigenvalue weighted by Gasteiger charge is 2.06. The van der Waals surface area contributed by atoms with E-state index in [2.05, 4.69) is 21.2 Å². The Bertz CT molecular complexity index is 397. The molecular weight excluding hydrogens is 326 g/mol. The summed E-state index contributed by atoms with van der Waals surface area (Å²) in [6, 6.07) is 7.54. The van der Waals surface area contributed by atoms with Crippen LogP contribution in [0.3, 0.4) is 0 Å². The van der Waals surface area contributed by atoms with Crippen molar-refractivity contribution in [3.05, 3.63) is 28.7 Å². The van der Waals surface area contributed by atoms with Crippen LogP contribution in [-0.2, 0) is 9.53 Å². The van der Waals surface area contributed by atoms with Crippen molar-refractivity contribution in [2.24, 2.45) is 0 Å². The fourth-order valence-corrected chi connectivity index (χ4v) is 1.79. The third-order valence-corrected chi connectivity index (χ3v) is 3.05. The molecule has 0 aromatic heterocycles. The van der Waals surface area contributed by atoms with Gasteiger partial charge in [0.15, 0.2) is 0 Å². The van der Waals surface area contributed by atoms with Crippen LogP contribution in [0.2, 0.25) is 0 Å². The lowest BCUT2D eigenvalue weighted by atomic mass is 10.3. The molecule has 0 fully saturated rings. The second-order valence-electron chi connectivity index (χ2n) is 4.32. The summed E-state index contributed by atoms with van der Waals surface area (Å²) in [6.07, 6.45) is 0.335. The minimum atomic E-state index is -0.664. The van der Waals surface area contributed by atoms with Gasteiger partial charge in [0.05, 0.1) is 19.3 Å². The van der Waals surface area contributed by atoms with Crippen LogP contribution in [0.1, 0.15) is 12.8 Å². The normalized spacial score (nSPS) is 11.9. The van der Waals surface area contributed by atoms with Crippen LogP contribution < -0.4 is 10.1 Å². The maximum Gasteiger partial charge on any atom is 0.220 e. The zero-order chi connectivity index (χ0) is 14.8. The van der Waals surface area contributed by atoms with Crippen LogP contribution in [0.4, 0.5) is 0 Å². The van der Waals surface area contributed by atoms with Crippen LogP contribution in [0, 0.1) is 0 Å². The Morgan fingerprint density at radius 2 is 2.10 bits per heavy atom. The van der Waals surface area contributed by atoms with Gasteiger partial charge in [-0.15, -0.1) is 0 Å². The van der Waals surface area contributed by atoms with Gasteiger partial charge in [0.2, 0.25) is 5.91 Å². The maximum absolute atomic E-state index is 11.5. The second kappa shape index (κ2) is 9.74. The number of methoxy groups -OCH3 is 1. The predicted octanol–water partition coefficient (Wildman–Crippen LogP) is 1.73. The van der Waals surface area contributed by atoms with Crippen molar-refractivity contribution in [2.75, 3.05) is 26.9 Å². The molecule has 112 valence electrons. The number of rotatable bonds is 9. The first-order chi connectivity index (χ1) is 9.61. The number of ether oxygens (including phenoxy) is 2. The number of benzene rings is 1. The topological polar surface area (TPSA) is 67.8 Å². The molecule has 0 bridgehead atoms. The van der Waals surface area contributed by atoms with Crippen molar-refractivity contribution < 1.29 is 19.4 Å². The number of aliphatic hydroxyl groups is 1. The number of halogens is 1. The average molecular weight is 346 g/mol. The number of carbonyl (C=O) groups excluding carboxylic acids is 1. The van der Waals surface area contributed by atoms with E-state index < -0.39 is 6.10 Å². The summed E-state index contributed by atoms with van der Waals surface area (Å²) in [5.74, 6) is 0.684. The number of amides is 1. The molecule has 5 nitrogen and oxygen atoms in total. The van der Waals surface area contributed by atoms with Crippen molar-refractivity contribution in [2.45, 2.75) is 18.9 Å². The summed E-state index contributed by atoms with van der Waals surface area (Å²) in [6.45, 7) is 0.906. The van der Waals surface area contributed by atoms with Gasteiger partial charge in [0, 0.05) is 24.5 Å². The molecule has 2 N–H and O–H groups in total. The maximum atomic E-state index is 11.5. The quantitative estimate of drug-likeness (QED) is 0.669. The molecule has 0 aliphatic rings. The highest BCUT2D eigenvalue weighted by Crippen LogP contribution is 2.16. The summed E-state index contributed by atoms with van der Waals surface area (Å²) in [5, 5.41) is 12.0. The molecule has 1 atom stereocenters. The molecule has 0 saturated heterocycles. The van der Waals surface area contributed by atoms with E-state index in [1.807, 2.05) is 24.3 Å². The highest BCUT2D eigenvalue weighted by atomic mass is 79.9. The SMILES string of the molecule is COCC(O)CNC(=O)CCCOc1ccc(Br)cc1. The molecule has 0 spiro atoms. The first-order valence-electron chi connectivity index (χ1n) is 6.44. The number of carbonyl (C=O) groups is 1. The summed E-state index contributed by atoms with van der Waals surface area (Å²) in [4.78, 5) is 11.5. The van der Waals surface area contributed by atoms with Gasteiger partial charge in [0.25, 0.3) is 0 Å². The number of aliphatic hydroxyl groups excluding tert-OH is 1. The third kappa shape index (κ3) is 7.47. The fraction of sp³-hybridized carbons (Fsp3) is 0.500. The van der Waals surface area contributed by atoms with Crippen molar-refractivity contribution in [3.63, 3.8) is 0 Å². The van der Waals surface area contributed by atoms with Crippen LogP contribution in [0.25, 0.3) is 0 Å². The molecule has 20 heavy (non-hydrogen) atoms. The Hall–Kier alpha value is -1.11. The minimum absolute atomic E-state index is 0.0976. The van der Waals surface area contributed by atoms with Gasteiger partial charge in [-0.05, 0) is 30.7 Å². The van der Waals surface area contributed by atoms with Crippen molar-refractivity contribution >= 4 is 21.8 Å². The van der Waals surface area contributed by atoms with E-state index in [1.165, 1.54) is 7.11 Å². The van der Waals surface area contributed by atoms with E-state index in [4.69, 9.17) is 9.47 Å².